The molecule has 0 amide bonds. The highest BCUT2D eigenvalue weighted by Gasteiger charge is 2.23. The Balaban J connectivity index is 0.00000484. The first-order valence-electron chi connectivity index (χ1n) is 7.99. The first-order chi connectivity index (χ1) is 10.5. The Morgan fingerprint density at radius 1 is 1.35 bits per heavy atom. The Hall–Kier alpha value is -0.830. The van der Waals surface area contributed by atoms with E-state index < -0.39 is 0 Å². The molecule has 1 unspecified atom stereocenters. The molecule has 1 atom stereocenters. The summed E-state index contributed by atoms with van der Waals surface area (Å²) in [7, 11) is 1.75. The molecule has 6 nitrogen and oxygen atoms in total. The van der Waals surface area contributed by atoms with Crippen LogP contribution in [0, 0.1) is 5.41 Å². The number of hydrogen-bond donors (Lipinski definition) is 2. The first-order valence-corrected chi connectivity index (χ1v) is 7.99. The van der Waals surface area contributed by atoms with Crippen LogP contribution in [-0.4, -0.2) is 48.6 Å². The highest BCUT2D eigenvalue weighted by atomic mass is 127. The average Bonchev–Trinajstić information content (AvgIpc) is 2.95. The summed E-state index contributed by atoms with van der Waals surface area (Å²) in [4.78, 5) is 4.63. The van der Waals surface area contributed by atoms with Crippen LogP contribution < -0.4 is 10.6 Å². The molecule has 1 heterocycles. The second-order valence-electron chi connectivity index (χ2n) is 6.36. The normalized spacial score (nSPS) is 13.3. The highest BCUT2D eigenvalue weighted by molar-refractivity contribution is 14.0. The topological polar surface area (TPSA) is 63.5 Å². The van der Waals surface area contributed by atoms with Crippen molar-refractivity contribution in [2.45, 2.75) is 46.8 Å². The van der Waals surface area contributed by atoms with Crippen molar-refractivity contribution in [2.75, 3.05) is 26.7 Å². The molecule has 1 rings (SSSR count). The highest BCUT2D eigenvalue weighted by Crippen LogP contribution is 2.21. The molecule has 0 radical (unpaired) electrons. The Labute approximate surface area is 157 Å². The molecular formula is C16H32IN5O. The average molecular weight is 437 g/mol. The Bertz CT molecular complexity index is 428. The van der Waals surface area contributed by atoms with Gasteiger partial charge in [0.15, 0.2) is 5.96 Å². The monoisotopic (exact) mass is 437 g/mol. The van der Waals surface area contributed by atoms with Gasteiger partial charge in [0, 0.05) is 39.1 Å². The van der Waals surface area contributed by atoms with Crippen LogP contribution in [-0.2, 0) is 11.3 Å². The summed E-state index contributed by atoms with van der Waals surface area (Å²) < 4.78 is 7.48. The predicted octanol–water partition coefficient (Wildman–Crippen LogP) is 2.51. The number of guanidine groups is 1. The Morgan fingerprint density at radius 2 is 2.09 bits per heavy atom. The fraction of sp³-hybridized carbons (Fsp3) is 0.750. The lowest BCUT2D eigenvalue weighted by Crippen LogP contribution is -2.40. The molecule has 0 fully saturated rings. The van der Waals surface area contributed by atoms with Gasteiger partial charge in [0.2, 0.25) is 0 Å². The minimum Gasteiger partial charge on any atom is -0.379 e. The number of halogens is 1. The van der Waals surface area contributed by atoms with Crippen molar-refractivity contribution in [2.24, 2.45) is 10.4 Å². The Morgan fingerprint density at radius 3 is 2.61 bits per heavy atom. The van der Waals surface area contributed by atoms with E-state index in [1.165, 1.54) is 0 Å². The third-order valence-electron chi connectivity index (χ3n) is 3.43. The quantitative estimate of drug-likeness (QED) is 0.284. The maximum Gasteiger partial charge on any atom is 0.191 e. The molecule has 2 N–H and O–H groups in total. The molecule has 23 heavy (non-hydrogen) atoms. The second-order valence-corrected chi connectivity index (χ2v) is 6.36. The fourth-order valence-corrected chi connectivity index (χ4v) is 2.10. The van der Waals surface area contributed by atoms with Crippen LogP contribution in [0.5, 0.6) is 0 Å². The van der Waals surface area contributed by atoms with Gasteiger partial charge in [-0.05, 0) is 24.8 Å². The van der Waals surface area contributed by atoms with Crippen LogP contribution in [0.25, 0.3) is 0 Å². The number of aromatic nitrogens is 2. The van der Waals surface area contributed by atoms with Crippen LogP contribution in [0.4, 0.5) is 0 Å². The molecule has 0 aliphatic heterocycles. The van der Waals surface area contributed by atoms with Gasteiger partial charge in [-0.3, -0.25) is 9.67 Å². The summed E-state index contributed by atoms with van der Waals surface area (Å²) in [6, 6.07) is 1.94. The Kier molecular flexibility index (Phi) is 11.2. The van der Waals surface area contributed by atoms with E-state index >= 15 is 0 Å². The van der Waals surface area contributed by atoms with Crippen LogP contribution in [0.15, 0.2) is 23.5 Å². The summed E-state index contributed by atoms with van der Waals surface area (Å²) in [5.74, 6) is 0.842. The summed E-state index contributed by atoms with van der Waals surface area (Å²) >= 11 is 0. The van der Waals surface area contributed by atoms with Crippen LogP contribution in [0.2, 0.25) is 0 Å². The minimum atomic E-state index is 0. The van der Waals surface area contributed by atoms with Crippen molar-refractivity contribution in [3.8, 4) is 0 Å². The van der Waals surface area contributed by atoms with Gasteiger partial charge in [-0.25, -0.2) is 0 Å². The third-order valence-corrected chi connectivity index (χ3v) is 3.43. The van der Waals surface area contributed by atoms with Crippen molar-refractivity contribution < 1.29 is 4.74 Å². The number of methoxy groups -OCH3 is 1. The molecular weight excluding hydrogens is 405 g/mol. The number of rotatable bonds is 8. The van der Waals surface area contributed by atoms with E-state index in [2.05, 4.69) is 48.4 Å². The number of hydrogen-bond acceptors (Lipinski definition) is 3. The van der Waals surface area contributed by atoms with E-state index in [9.17, 15) is 0 Å². The first kappa shape index (κ1) is 22.2. The molecule has 0 aromatic carbocycles. The zero-order valence-electron chi connectivity index (χ0n) is 15.0. The lowest BCUT2D eigenvalue weighted by atomic mass is 9.89. The van der Waals surface area contributed by atoms with E-state index in [4.69, 9.17) is 4.74 Å². The second kappa shape index (κ2) is 11.7. The molecule has 7 heteroatoms. The summed E-state index contributed by atoms with van der Waals surface area (Å²) in [5.41, 5.74) is 0.0790. The standard InChI is InChI=1S/C16H31N5O.HI/c1-6-17-15(19-13-14(22-5)16(2,3)4)18-9-7-11-21-12-8-10-20-21;/h8,10,12,14H,6-7,9,11,13H2,1-5H3,(H2,17,18,19);1H. The van der Waals surface area contributed by atoms with Gasteiger partial charge in [-0.15, -0.1) is 24.0 Å². The molecule has 0 saturated carbocycles. The van der Waals surface area contributed by atoms with E-state index in [-0.39, 0.29) is 35.5 Å². The molecule has 1 aromatic heterocycles. The minimum absolute atomic E-state index is 0. The van der Waals surface area contributed by atoms with Crippen molar-refractivity contribution >= 4 is 29.9 Å². The SMILES string of the molecule is CCNC(=NCC(OC)C(C)(C)C)NCCCn1cccn1.I. The smallest absolute Gasteiger partial charge is 0.191 e. The number of nitrogens with zero attached hydrogens (tertiary/aromatic N) is 3. The summed E-state index contributed by atoms with van der Waals surface area (Å²) in [6.45, 7) is 11.8. The van der Waals surface area contributed by atoms with Crippen molar-refractivity contribution in [3.63, 3.8) is 0 Å². The number of ether oxygens (including phenoxy) is 1. The molecule has 0 aliphatic rings. The molecule has 134 valence electrons. The van der Waals surface area contributed by atoms with Crippen LogP contribution in [0.3, 0.4) is 0 Å². The lowest BCUT2D eigenvalue weighted by Gasteiger charge is -2.28. The zero-order chi connectivity index (χ0) is 16.4. The van der Waals surface area contributed by atoms with Gasteiger partial charge in [0.25, 0.3) is 0 Å². The van der Waals surface area contributed by atoms with E-state index in [1.807, 2.05) is 16.9 Å². The fourth-order valence-electron chi connectivity index (χ4n) is 2.10. The van der Waals surface area contributed by atoms with Crippen molar-refractivity contribution in [1.29, 1.82) is 0 Å². The molecule has 1 aromatic rings. The maximum absolute atomic E-state index is 5.54. The number of nitrogens with one attached hydrogen (secondary N) is 2. The molecule has 0 aliphatic carbocycles. The maximum atomic E-state index is 5.54. The van der Waals surface area contributed by atoms with Crippen LogP contribution in [0.1, 0.15) is 34.1 Å². The van der Waals surface area contributed by atoms with Gasteiger partial charge >= 0.3 is 0 Å². The van der Waals surface area contributed by atoms with Gasteiger partial charge in [-0.1, -0.05) is 20.8 Å². The van der Waals surface area contributed by atoms with E-state index in [0.717, 1.165) is 32.0 Å². The van der Waals surface area contributed by atoms with E-state index in [1.54, 1.807) is 13.3 Å². The van der Waals surface area contributed by atoms with Gasteiger partial charge in [0.05, 0.1) is 12.6 Å². The predicted molar refractivity (Wildman–Crippen MR) is 106 cm³/mol. The van der Waals surface area contributed by atoms with Gasteiger partial charge in [-0.2, -0.15) is 5.10 Å². The van der Waals surface area contributed by atoms with Gasteiger partial charge in [0.1, 0.15) is 0 Å². The molecule has 0 bridgehead atoms. The zero-order valence-corrected chi connectivity index (χ0v) is 17.3. The lowest BCUT2D eigenvalue weighted by molar-refractivity contribution is 0.0241. The summed E-state index contributed by atoms with van der Waals surface area (Å²) in [6.07, 6.45) is 4.88. The molecule has 0 saturated heterocycles. The largest absolute Gasteiger partial charge is 0.379 e. The van der Waals surface area contributed by atoms with Crippen molar-refractivity contribution in [3.05, 3.63) is 18.5 Å². The number of aryl methyl sites for hydroxylation is 1. The van der Waals surface area contributed by atoms with Crippen molar-refractivity contribution in [1.82, 2.24) is 20.4 Å². The van der Waals surface area contributed by atoms with Crippen LogP contribution >= 0.6 is 24.0 Å². The number of aliphatic imine (C=N–C) groups is 1. The summed E-state index contributed by atoms with van der Waals surface area (Å²) in [5, 5.41) is 10.8. The molecule has 0 spiro atoms. The van der Waals surface area contributed by atoms with E-state index in [0.29, 0.717) is 6.54 Å². The van der Waals surface area contributed by atoms with Gasteiger partial charge < -0.3 is 15.4 Å². The third kappa shape index (κ3) is 9.14.